The van der Waals surface area contributed by atoms with Crippen molar-refractivity contribution in [3.63, 3.8) is 0 Å². The summed E-state index contributed by atoms with van der Waals surface area (Å²) in [6, 6.07) is 9.28. The molecule has 1 aromatic rings. The van der Waals surface area contributed by atoms with Crippen molar-refractivity contribution in [2.24, 2.45) is 0 Å². The number of urea groups is 1. The van der Waals surface area contributed by atoms with Crippen molar-refractivity contribution >= 4 is 35.9 Å². The van der Waals surface area contributed by atoms with Gasteiger partial charge in [0.15, 0.2) is 0 Å². The molecule has 7 nitrogen and oxygen atoms in total. The van der Waals surface area contributed by atoms with Crippen LogP contribution in [0.4, 0.5) is 4.79 Å². The molecule has 4 fully saturated rings. The molecule has 2 N–H and O–H groups in total. The predicted molar refractivity (Wildman–Crippen MR) is 174 cm³/mol. The van der Waals surface area contributed by atoms with E-state index in [0.29, 0.717) is 18.5 Å². The molecule has 0 radical (unpaired) electrons. The molecule has 3 saturated heterocycles. The molecule has 4 aliphatic rings. The van der Waals surface area contributed by atoms with Crippen LogP contribution in [0, 0.1) is 0 Å². The van der Waals surface area contributed by atoms with Crippen LogP contribution in [-0.2, 0) is 11.2 Å². The van der Waals surface area contributed by atoms with Gasteiger partial charge in [-0.2, -0.15) is 0 Å². The molecule has 0 spiro atoms. The van der Waals surface area contributed by atoms with Crippen molar-refractivity contribution in [2.75, 3.05) is 26.2 Å². The number of halogens is 2. The molecule has 3 amide bonds. The van der Waals surface area contributed by atoms with E-state index < -0.39 is 0 Å². The minimum atomic E-state index is -0.245. The van der Waals surface area contributed by atoms with Gasteiger partial charge in [0.25, 0.3) is 0 Å². The van der Waals surface area contributed by atoms with Crippen LogP contribution in [0.15, 0.2) is 24.3 Å². The van der Waals surface area contributed by atoms with Crippen LogP contribution in [0.1, 0.15) is 96.5 Å². The van der Waals surface area contributed by atoms with E-state index in [2.05, 4.69) is 46.4 Å². The van der Waals surface area contributed by atoms with Crippen molar-refractivity contribution < 1.29 is 9.59 Å². The molecule has 3 unspecified atom stereocenters. The summed E-state index contributed by atoms with van der Waals surface area (Å²) < 4.78 is 0. The number of rotatable bonds is 9. The Morgan fingerprint density at radius 2 is 1.57 bits per heavy atom. The third-order valence-electron chi connectivity index (χ3n) is 10.2. The Labute approximate surface area is 264 Å². The highest BCUT2D eigenvalue weighted by Crippen LogP contribution is 2.40. The fraction of sp³-hybridized carbons (Fsp3) is 0.758. The maximum atomic E-state index is 14.4. The summed E-state index contributed by atoms with van der Waals surface area (Å²) in [6.07, 6.45) is 13.8. The van der Waals surface area contributed by atoms with Gasteiger partial charge in [-0.05, 0) is 109 Å². The van der Waals surface area contributed by atoms with E-state index in [1.807, 2.05) is 17.0 Å². The molecule has 1 saturated carbocycles. The molecule has 9 heteroatoms. The molecule has 5 rings (SSSR count). The number of carbonyl (C=O) groups is 2. The molecule has 0 aromatic heterocycles. The summed E-state index contributed by atoms with van der Waals surface area (Å²) in [7, 11) is 0. The highest BCUT2D eigenvalue weighted by Gasteiger charge is 2.48. The molecule has 4 atom stereocenters. The first-order valence-electron chi connectivity index (χ1n) is 16.6. The largest absolute Gasteiger partial charge is 0.335 e. The molecular weight excluding hydrogens is 569 g/mol. The van der Waals surface area contributed by atoms with Crippen molar-refractivity contribution in [3.8, 4) is 0 Å². The number of nitrogens with zero attached hydrogens (tertiary/aromatic N) is 3. The van der Waals surface area contributed by atoms with Gasteiger partial charge in [0.2, 0.25) is 5.91 Å². The average Bonchev–Trinajstić information content (AvgIpc) is 3.13. The zero-order valence-corrected chi connectivity index (χ0v) is 27.3. The zero-order chi connectivity index (χ0) is 28.8. The second kappa shape index (κ2) is 16.0. The molecule has 3 aliphatic heterocycles. The number of carbonyl (C=O) groups excluding carboxylic acids is 2. The summed E-state index contributed by atoms with van der Waals surface area (Å²) in [5, 5.41) is 8.05. The third-order valence-corrected chi connectivity index (χ3v) is 10.5. The highest BCUT2D eigenvalue weighted by atomic mass is 35.5. The SMILES string of the molecule is CCN(CC)C(=O)N(C1CCCCC1)C1CC2CCC(C1)N2C(=O)[C@@H](Cc1ccc(Cl)cc1)NC1CCCNCC1.Cl. The zero-order valence-electron chi connectivity index (χ0n) is 25.7. The Kier molecular flexibility index (Phi) is 12.7. The lowest BCUT2D eigenvalue weighted by Gasteiger charge is -2.48. The van der Waals surface area contributed by atoms with Gasteiger partial charge in [-0.3, -0.25) is 4.79 Å². The normalized spacial score (nSPS) is 27.1. The summed E-state index contributed by atoms with van der Waals surface area (Å²) >= 11 is 6.18. The smallest absolute Gasteiger partial charge is 0.320 e. The van der Waals surface area contributed by atoms with Gasteiger partial charge >= 0.3 is 6.03 Å². The van der Waals surface area contributed by atoms with E-state index >= 15 is 0 Å². The van der Waals surface area contributed by atoms with Gasteiger partial charge in [0, 0.05) is 48.3 Å². The van der Waals surface area contributed by atoms with Crippen LogP contribution in [0.3, 0.4) is 0 Å². The van der Waals surface area contributed by atoms with E-state index in [1.54, 1.807) is 0 Å². The summed E-state index contributed by atoms with van der Waals surface area (Å²) in [6.45, 7) is 7.71. The second-order valence-corrected chi connectivity index (χ2v) is 13.3. The Morgan fingerprint density at radius 3 is 2.21 bits per heavy atom. The van der Waals surface area contributed by atoms with Crippen LogP contribution in [0.2, 0.25) is 5.02 Å². The average molecular weight is 623 g/mol. The summed E-state index contributed by atoms with van der Waals surface area (Å²) in [5.74, 6) is 0.252. The van der Waals surface area contributed by atoms with Crippen molar-refractivity contribution in [3.05, 3.63) is 34.9 Å². The first kappa shape index (κ1) is 33.4. The van der Waals surface area contributed by atoms with Gasteiger partial charge in [-0.1, -0.05) is 43.0 Å². The lowest BCUT2D eigenvalue weighted by Crippen LogP contribution is -2.61. The van der Waals surface area contributed by atoms with Gasteiger partial charge < -0.3 is 25.3 Å². The van der Waals surface area contributed by atoms with Gasteiger partial charge in [0.1, 0.15) is 0 Å². The number of hydrogen-bond acceptors (Lipinski definition) is 4. The van der Waals surface area contributed by atoms with Gasteiger partial charge in [0.05, 0.1) is 6.04 Å². The molecule has 236 valence electrons. The van der Waals surface area contributed by atoms with Crippen LogP contribution in [0.5, 0.6) is 0 Å². The fourth-order valence-electron chi connectivity index (χ4n) is 8.09. The van der Waals surface area contributed by atoms with E-state index in [0.717, 1.165) is 94.6 Å². The monoisotopic (exact) mass is 621 g/mol. The molecule has 3 heterocycles. The first-order valence-corrected chi connectivity index (χ1v) is 17.0. The van der Waals surface area contributed by atoms with Crippen LogP contribution >= 0.6 is 24.0 Å². The minimum absolute atomic E-state index is 0. The number of amides is 3. The number of nitrogens with one attached hydrogen (secondary N) is 2. The fourth-order valence-corrected chi connectivity index (χ4v) is 8.21. The molecule has 42 heavy (non-hydrogen) atoms. The standard InChI is InChI=1S/C33H52ClN5O2.ClH/c1-3-37(4-2)33(41)39(27-10-6-5-7-11-27)30-22-28-16-17-29(23-30)38(28)32(40)31(21-24-12-14-25(34)15-13-24)36-26-9-8-19-35-20-18-26;/h12-15,26-31,35-36H,3-11,16-23H2,1-2H3;1H/t26?,28?,29?,30?,31-;/m1./s1. The van der Waals surface area contributed by atoms with Crippen molar-refractivity contribution in [1.82, 2.24) is 25.3 Å². The van der Waals surface area contributed by atoms with E-state index in [-0.39, 0.29) is 48.5 Å². The Hall–Kier alpha value is -1.54. The molecular formula is C33H53Cl2N5O2. The van der Waals surface area contributed by atoms with Crippen molar-refractivity contribution in [2.45, 2.75) is 134 Å². The van der Waals surface area contributed by atoms with Crippen LogP contribution < -0.4 is 10.6 Å². The van der Waals surface area contributed by atoms with Crippen LogP contribution in [-0.4, -0.2) is 89.1 Å². The van der Waals surface area contributed by atoms with E-state index in [4.69, 9.17) is 11.6 Å². The second-order valence-electron chi connectivity index (χ2n) is 12.8. The Balaban J connectivity index is 0.00000405. The van der Waals surface area contributed by atoms with Gasteiger partial charge in [-0.25, -0.2) is 4.79 Å². The molecule has 1 aliphatic carbocycles. The topological polar surface area (TPSA) is 67.9 Å². The number of benzene rings is 1. The first-order chi connectivity index (χ1) is 20.0. The lowest BCUT2D eigenvalue weighted by atomic mass is 9.89. The Bertz CT molecular complexity index is 979. The number of hydrogen-bond donors (Lipinski definition) is 2. The van der Waals surface area contributed by atoms with Crippen LogP contribution in [0.25, 0.3) is 0 Å². The predicted octanol–water partition coefficient (Wildman–Crippen LogP) is 6.02. The van der Waals surface area contributed by atoms with Gasteiger partial charge in [-0.15, -0.1) is 12.4 Å². The van der Waals surface area contributed by atoms with E-state index in [9.17, 15) is 9.59 Å². The summed E-state index contributed by atoms with van der Waals surface area (Å²) in [5.41, 5.74) is 1.14. The van der Waals surface area contributed by atoms with Crippen molar-refractivity contribution in [1.29, 1.82) is 0 Å². The Morgan fingerprint density at radius 1 is 0.905 bits per heavy atom. The maximum Gasteiger partial charge on any atom is 0.320 e. The number of piperidine rings is 1. The summed E-state index contributed by atoms with van der Waals surface area (Å²) in [4.78, 5) is 34.9. The minimum Gasteiger partial charge on any atom is -0.335 e. The lowest BCUT2D eigenvalue weighted by molar-refractivity contribution is -0.139. The number of fused-ring (bicyclic) bond motifs is 2. The quantitative estimate of drug-likeness (QED) is 0.354. The molecule has 2 bridgehead atoms. The van der Waals surface area contributed by atoms with E-state index in [1.165, 1.54) is 19.3 Å². The third kappa shape index (κ3) is 7.94. The maximum absolute atomic E-state index is 14.4. The highest BCUT2D eigenvalue weighted by molar-refractivity contribution is 6.30. The molecule has 1 aromatic carbocycles.